The fraction of sp³-hybridized carbons (Fsp3) is 0.476. The minimum Gasteiger partial charge on any atom is -0.337 e. The summed E-state index contributed by atoms with van der Waals surface area (Å²) in [6.07, 6.45) is -10.0. The van der Waals surface area contributed by atoms with E-state index < -0.39 is 36.2 Å². The summed E-state index contributed by atoms with van der Waals surface area (Å²) in [7, 11) is 0. The van der Waals surface area contributed by atoms with E-state index in [0.717, 1.165) is 11.0 Å². The summed E-state index contributed by atoms with van der Waals surface area (Å²) in [5.41, 5.74) is 0.337. The molecule has 2 aromatic rings. The largest absolute Gasteiger partial charge is 0.416 e. The number of nitrogens with one attached hydrogen (secondary N) is 1. The van der Waals surface area contributed by atoms with E-state index in [9.17, 15) is 35.9 Å². The highest BCUT2D eigenvalue weighted by Gasteiger charge is 2.39. The first kappa shape index (κ1) is 23.1. The molecule has 4 rings (SSSR count). The Labute approximate surface area is 184 Å². The van der Waals surface area contributed by atoms with E-state index in [0.29, 0.717) is 24.1 Å². The molecule has 3 heterocycles. The van der Waals surface area contributed by atoms with Crippen LogP contribution in [0.4, 0.5) is 26.3 Å². The summed E-state index contributed by atoms with van der Waals surface area (Å²) in [5.74, 6) is -1.90. The Morgan fingerprint density at radius 1 is 1.00 bits per heavy atom. The average Bonchev–Trinajstić information content (AvgIpc) is 3.33. The van der Waals surface area contributed by atoms with Gasteiger partial charge in [0.05, 0.1) is 24.3 Å². The third kappa shape index (κ3) is 4.83. The van der Waals surface area contributed by atoms with Crippen LogP contribution in [-0.2, 0) is 24.1 Å². The third-order valence-electron chi connectivity index (χ3n) is 6.05. The number of benzene rings is 1. The first-order chi connectivity index (χ1) is 15.4. The average molecular weight is 474 g/mol. The molecule has 0 bridgehead atoms. The van der Waals surface area contributed by atoms with Crippen LogP contribution < -0.4 is 0 Å². The van der Waals surface area contributed by atoms with Crippen molar-refractivity contribution in [2.75, 3.05) is 13.1 Å². The highest BCUT2D eigenvalue weighted by Crippen LogP contribution is 2.39. The number of alkyl halides is 6. The van der Waals surface area contributed by atoms with Crippen molar-refractivity contribution in [2.24, 2.45) is 0 Å². The van der Waals surface area contributed by atoms with E-state index in [1.165, 1.54) is 17.0 Å². The van der Waals surface area contributed by atoms with Gasteiger partial charge in [0.2, 0.25) is 5.91 Å². The Balaban J connectivity index is 1.42. The number of hydrogen-bond acceptors (Lipinski definition) is 3. The van der Waals surface area contributed by atoms with Gasteiger partial charge in [0.25, 0.3) is 5.91 Å². The molecule has 0 unspecified atom stereocenters. The molecule has 0 spiro atoms. The van der Waals surface area contributed by atoms with Gasteiger partial charge in [0, 0.05) is 18.7 Å². The van der Waals surface area contributed by atoms with Crippen molar-refractivity contribution >= 4 is 11.8 Å². The zero-order valence-electron chi connectivity index (χ0n) is 17.3. The molecule has 178 valence electrons. The molecule has 0 saturated carbocycles. The van der Waals surface area contributed by atoms with Gasteiger partial charge in [-0.25, -0.2) is 0 Å². The van der Waals surface area contributed by atoms with E-state index in [1.54, 1.807) is 6.07 Å². The number of fused-ring (bicyclic) bond motifs is 1. The molecule has 1 saturated heterocycles. The minimum absolute atomic E-state index is 0.0291. The van der Waals surface area contributed by atoms with Crippen LogP contribution in [0.15, 0.2) is 24.3 Å². The molecule has 1 N–H and O–H groups in total. The number of aromatic amines is 1. The maximum Gasteiger partial charge on any atom is 0.416 e. The van der Waals surface area contributed by atoms with E-state index in [-0.39, 0.29) is 43.4 Å². The molecule has 1 aromatic carbocycles. The number of halogens is 6. The van der Waals surface area contributed by atoms with E-state index in [1.807, 2.05) is 0 Å². The number of H-pyrrole nitrogens is 1. The van der Waals surface area contributed by atoms with Crippen LogP contribution >= 0.6 is 0 Å². The molecule has 2 aliphatic rings. The van der Waals surface area contributed by atoms with Gasteiger partial charge in [-0.15, -0.1) is 0 Å². The number of aromatic nitrogens is 2. The van der Waals surface area contributed by atoms with E-state index in [4.69, 9.17) is 0 Å². The molecule has 0 radical (unpaired) electrons. The van der Waals surface area contributed by atoms with Crippen LogP contribution in [0.2, 0.25) is 0 Å². The number of hydrogen-bond donors (Lipinski definition) is 1. The second-order valence-corrected chi connectivity index (χ2v) is 8.22. The normalized spacial score (nSPS) is 17.4. The Morgan fingerprint density at radius 2 is 1.67 bits per heavy atom. The Morgan fingerprint density at radius 3 is 2.30 bits per heavy atom. The quantitative estimate of drug-likeness (QED) is 0.677. The lowest BCUT2D eigenvalue weighted by Gasteiger charge is -2.33. The summed E-state index contributed by atoms with van der Waals surface area (Å²) in [5, 5.41) is 6.59. The molecule has 6 nitrogen and oxygen atoms in total. The van der Waals surface area contributed by atoms with Crippen molar-refractivity contribution in [3.8, 4) is 0 Å². The Kier molecular flexibility index (Phi) is 5.87. The van der Waals surface area contributed by atoms with Gasteiger partial charge in [0.15, 0.2) is 5.69 Å². The van der Waals surface area contributed by atoms with Gasteiger partial charge in [0.1, 0.15) is 6.42 Å². The molecule has 0 aliphatic carbocycles. The predicted octanol–water partition coefficient (Wildman–Crippen LogP) is 4.24. The fourth-order valence-corrected chi connectivity index (χ4v) is 4.43. The van der Waals surface area contributed by atoms with Gasteiger partial charge in [-0.1, -0.05) is 18.2 Å². The van der Waals surface area contributed by atoms with Crippen LogP contribution in [0, 0.1) is 0 Å². The zero-order valence-corrected chi connectivity index (χ0v) is 17.3. The lowest BCUT2D eigenvalue weighted by Crippen LogP contribution is -2.39. The number of carbonyl (C=O) groups excluding carboxylic acids is 2. The highest BCUT2D eigenvalue weighted by molar-refractivity contribution is 5.94. The zero-order chi connectivity index (χ0) is 24.0. The smallest absolute Gasteiger partial charge is 0.337 e. The lowest BCUT2D eigenvalue weighted by atomic mass is 9.86. The minimum atomic E-state index is -4.63. The number of piperidine rings is 1. The lowest BCUT2D eigenvalue weighted by molar-refractivity contribution is -0.162. The summed E-state index contributed by atoms with van der Waals surface area (Å²) in [6, 6.07) is 5.40. The Bertz CT molecular complexity index is 1050. The first-order valence-electron chi connectivity index (χ1n) is 10.3. The van der Waals surface area contributed by atoms with Crippen LogP contribution in [0.5, 0.6) is 0 Å². The molecule has 1 fully saturated rings. The van der Waals surface area contributed by atoms with Crippen LogP contribution in [0.3, 0.4) is 0 Å². The molecular weight excluding hydrogens is 454 g/mol. The maximum atomic E-state index is 13.3. The fourth-order valence-electron chi connectivity index (χ4n) is 4.43. The molecular formula is C21H20F6N4O2. The molecule has 2 aliphatic heterocycles. The SMILES string of the molecule is O=C(CC(F)(F)F)N1Cc2[nH]nc(C(=O)N3CCC(c4ccccc4C(F)(F)F)CC3)c2C1. The second kappa shape index (κ2) is 8.38. The van der Waals surface area contributed by atoms with Gasteiger partial charge in [-0.2, -0.15) is 31.4 Å². The highest BCUT2D eigenvalue weighted by atomic mass is 19.4. The second-order valence-electron chi connectivity index (χ2n) is 8.22. The summed E-state index contributed by atoms with van der Waals surface area (Å²) >= 11 is 0. The van der Waals surface area contributed by atoms with Crippen LogP contribution in [0.1, 0.15) is 58.1 Å². The maximum absolute atomic E-state index is 13.3. The molecule has 33 heavy (non-hydrogen) atoms. The van der Waals surface area contributed by atoms with Crippen LogP contribution in [0.25, 0.3) is 0 Å². The van der Waals surface area contributed by atoms with Gasteiger partial charge in [-0.05, 0) is 30.4 Å². The predicted molar refractivity (Wildman–Crippen MR) is 103 cm³/mol. The number of rotatable bonds is 3. The number of amides is 2. The van der Waals surface area contributed by atoms with Gasteiger partial charge in [-0.3, -0.25) is 14.7 Å². The van der Waals surface area contributed by atoms with Crippen molar-refractivity contribution in [3.63, 3.8) is 0 Å². The number of likely N-dealkylation sites (tertiary alicyclic amines) is 1. The number of carbonyl (C=O) groups is 2. The van der Waals surface area contributed by atoms with Crippen LogP contribution in [-0.4, -0.2) is 51.1 Å². The van der Waals surface area contributed by atoms with Crippen molar-refractivity contribution < 1.29 is 35.9 Å². The topological polar surface area (TPSA) is 69.3 Å². The standard InChI is InChI=1S/C21H20F6N4O2/c22-20(23,24)9-17(32)31-10-14-16(11-31)28-29-18(14)19(33)30-7-5-12(6-8-30)13-3-1-2-4-15(13)21(25,26)27/h1-4,12H,5-11H2,(H,28,29). The van der Waals surface area contributed by atoms with Gasteiger partial charge >= 0.3 is 12.4 Å². The Hall–Kier alpha value is -3.05. The summed E-state index contributed by atoms with van der Waals surface area (Å²) in [6.45, 7) is 0.181. The summed E-state index contributed by atoms with van der Waals surface area (Å²) < 4.78 is 77.6. The van der Waals surface area contributed by atoms with Crippen molar-refractivity contribution in [1.29, 1.82) is 0 Å². The van der Waals surface area contributed by atoms with Crippen molar-refractivity contribution in [2.45, 2.75) is 50.6 Å². The molecule has 12 heteroatoms. The van der Waals surface area contributed by atoms with Crippen molar-refractivity contribution in [1.82, 2.24) is 20.0 Å². The van der Waals surface area contributed by atoms with Crippen molar-refractivity contribution in [3.05, 3.63) is 52.3 Å². The molecule has 1 aromatic heterocycles. The van der Waals surface area contributed by atoms with Gasteiger partial charge < -0.3 is 9.80 Å². The third-order valence-corrected chi connectivity index (χ3v) is 6.05. The monoisotopic (exact) mass is 474 g/mol. The summed E-state index contributed by atoms with van der Waals surface area (Å²) in [4.78, 5) is 27.3. The van der Waals surface area contributed by atoms with E-state index >= 15 is 0 Å². The molecule has 0 atom stereocenters. The first-order valence-corrected chi connectivity index (χ1v) is 10.3. The molecule has 2 amide bonds. The number of nitrogens with zero attached hydrogens (tertiary/aromatic N) is 3. The van der Waals surface area contributed by atoms with E-state index in [2.05, 4.69) is 10.2 Å².